The fourth-order valence-electron chi connectivity index (χ4n) is 4.11. The number of benzene rings is 1. The number of phenolic OH excluding ortho intramolecular Hbond substituents is 1. The average Bonchev–Trinajstić information content (AvgIpc) is 2.69. The first-order chi connectivity index (χ1) is 13.0. The Balaban J connectivity index is 1.49. The summed E-state index contributed by atoms with van der Waals surface area (Å²) < 4.78 is 0. The number of rotatable bonds is 5. The van der Waals surface area contributed by atoms with E-state index in [1.165, 1.54) is 6.42 Å². The Morgan fingerprint density at radius 3 is 2.48 bits per heavy atom. The zero-order valence-corrected chi connectivity index (χ0v) is 15.8. The number of carbonyl (C=O) groups is 2. The number of phenols is 1. The largest absolute Gasteiger partial charge is 0.508 e. The third kappa shape index (κ3) is 5.45. The highest BCUT2D eigenvalue weighted by Crippen LogP contribution is 2.28. The number of hydrogen-bond donors (Lipinski definition) is 3. The van der Waals surface area contributed by atoms with Crippen LogP contribution in [0.25, 0.3) is 0 Å². The van der Waals surface area contributed by atoms with Crippen LogP contribution in [0, 0.1) is 5.92 Å². The molecule has 0 bridgehead atoms. The third-order valence-electron chi connectivity index (χ3n) is 5.75. The van der Waals surface area contributed by atoms with Crippen LogP contribution in [0.5, 0.6) is 5.75 Å². The Labute approximate surface area is 160 Å². The summed E-state index contributed by atoms with van der Waals surface area (Å²) in [6.07, 6.45) is 5.38. The number of carbonyl (C=O) groups excluding carboxylic acids is 2. The molecule has 3 atom stereocenters. The molecule has 3 rings (SSSR count). The van der Waals surface area contributed by atoms with Crippen LogP contribution in [0.4, 0.5) is 0 Å². The van der Waals surface area contributed by atoms with Gasteiger partial charge in [0.2, 0.25) is 11.8 Å². The lowest BCUT2D eigenvalue weighted by Gasteiger charge is -2.36. The number of hydrogen-bond acceptors (Lipinski definition) is 4. The fraction of sp³-hybridized carbons (Fsp3) is 0.619. The summed E-state index contributed by atoms with van der Waals surface area (Å²) in [6, 6.07) is 6.45. The first-order valence-electron chi connectivity index (χ1n) is 10.1. The number of aromatic hydroxyl groups is 1. The molecule has 1 aliphatic heterocycles. The van der Waals surface area contributed by atoms with E-state index in [0.717, 1.165) is 31.5 Å². The smallest absolute Gasteiger partial charge is 0.225 e. The molecule has 1 aromatic rings. The van der Waals surface area contributed by atoms with E-state index in [0.29, 0.717) is 32.1 Å². The highest BCUT2D eigenvalue weighted by atomic mass is 16.3. The topological polar surface area (TPSA) is 89.9 Å². The first kappa shape index (κ1) is 19.7. The molecule has 3 N–H and O–H groups in total. The number of amides is 2. The molecule has 1 aromatic carbocycles. The van der Waals surface area contributed by atoms with Gasteiger partial charge in [-0.15, -0.1) is 0 Å². The summed E-state index contributed by atoms with van der Waals surface area (Å²) in [5, 5.41) is 22.5. The minimum absolute atomic E-state index is 0.103. The van der Waals surface area contributed by atoms with Crippen LogP contribution in [-0.4, -0.2) is 52.2 Å². The molecule has 1 aliphatic carbocycles. The van der Waals surface area contributed by atoms with Gasteiger partial charge in [0.15, 0.2) is 0 Å². The van der Waals surface area contributed by atoms with Gasteiger partial charge in [-0.25, -0.2) is 0 Å². The molecule has 1 saturated carbocycles. The fourth-order valence-corrected chi connectivity index (χ4v) is 4.11. The minimum atomic E-state index is -0.590. The lowest BCUT2D eigenvalue weighted by molar-refractivity contribution is -0.139. The molecule has 148 valence electrons. The monoisotopic (exact) mass is 374 g/mol. The molecule has 27 heavy (non-hydrogen) atoms. The first-order valence-corrected chi connectivity index (χ1v) is 10.1. The van der Waals surface area contributed by atoms with E-state index in [4.69, 9.17) is 0 Å². The molecule has 0 spiro atoms. The number of piperidine rings is 1. The van der Waals surface area contributed by atoms with Gasteiger partial charge < -0.3 is 20.4 Å². The van der Waals surface area contributed by atoms with E-state index < -0.39 is 6.10 Å². The van der Waals surface area contributed by atoms with Gasteiger partial charge in [-0.2, -0.15) is 0 Å². The van der Waals surface area contributed by atoms with Crippen molar-refractivity contribution in [2.24, 2.45) is 5.92 Å². The number of aliphatic hydroxyl groups excluding tert-OH is 1. The zero-order valence-electron chi connectivity index (χ0n) is 15.8. The summed E-state index contributed by atoms with van der Waals surface area (Å²) in [6.45, 7) is 1.67. The van der Waals surface area contributed by atoms with Crippen LogP contribution in [0.2, 0.25) is 0 Å². The summed E-state index contributed by atoms with van der Waals surface area (Å²) in [7, 11) is 0. The molecule has 1 saturated heterocycles. The molecule has 2 fully saturated rings. The van der Waals surface area contributed by atoms with Crippen molar-refractivity contribution in [1.82, 2.24) is 10.2 Å². The van der Waals surface area contributed by atoms with Gasteiger partial charge in [-0.05, 0) is 62.6 Å². The van der Waals surface area contributed by atoms with Crippen LogP contribution in [0.3, 0.4) is 0 Å². The van der Waals surface area contributed by atoms with E-state index >= 15 is 0 Å². The highest BCUT2D eigenvalue weighted by molar-refractivity contribution is 5.80. The number of aryl methyl sites for hydroxylation is 1. The quantitative estimate of drug-likeness (QED) is 0.735. The van der Waals surface area contributed by atoms with Crippen molar-refractivity contribution in [2.75, 3.05) is 13.1 Å². The van der Waals surface area contributed by atoms with Crippen molar-refractivity contribution >= 4 is 11.8 Å². The average molecular weight is 374 g/mol. The summed E-state index contributed by atoms with van der Waals surface area (Å²) in [5.41, 5.74) is 0.977. The Morgan fingerprint density at radius 2 is 1.78 bits per heavy atom. The van der Waals surface area contributed by atoms with Gasteiger partial charge in [0.25, 0.3) is 0 Å². The van der Waals surface area contributed by atoms with Crippen molar-refractivity contribution in [1.29, 1.82) is 0 Å². The van der Waals surface area contributed by atoms with Crippen LogP contribution in [-0.2, 0) is 16.0 Å². The second-order valence-electron chi connectivity index (χ2n) is 7.80. The lowest BCUT2D eigenvalue weighted by atomic mass is 9.82. The number of likely N-dealkylation sites (tertiary alicyclic amines) is 1. The summed E-state index contributed by atoms with van der Waals surface area (Å²) in [5.74, 6) is 0.176. The van der Waals surface area contributed by atoms with E-state index in [9.17, 15) is 19.8 Å². The van der Waals surface area contributed by atoms with Gasteiger partial charge >= 0.3 is 0 Å². The standard InChI is InChI=1S/C21H30N2O4/c24-17-8-4-15(5-9-17)6-11-20(26)22-18-14-16(7-10-19(18)25)21(27)23-12-2-1-3-13-23/h4-5,8-9,16,18-19,24-25H,1-3,6-7,10-14H2,(H,22,26)/t16-,18+,19+/m0/s1. The number of aliphatic hydroxyl groups is 1. The van der Waals surface area contributed by atoms with Gasteiger partial charge in [-0.3, -0.25) is 9.59 Å². The highest BCUT2D eigenvalue weighted by Gasteiger charge is 2.35. The van der Waals surface area contributed by atoms with Gasteiger partial charge in [0.05, 0.1) is 12.1 Å². The molecule has 2 aliphatic rings. The molecular formula is C21H30N2O4. The maximum Gasteiger partial charge on any atom is 0.225 e. The van der Waals surface area contributed by atoms with Crippen LogP contribution < -0.4 is 5.32 Å². The second kappa shape index (κ2) is 9.22. The Kier molecular flexibility index (Phi) is 6.72. The molecule has 1 heterocycles. The second-order valence-corrected chi connectivity index (χ2v) is 7.80. The summed E-state index contributed by atoms with van der Waals surface area (Å²) >= 11 is 0. The molecule has 0 aromatic heterocycles. The zero-order chi connectivity index (χ0) is 19.2. The van der Waals surface area contributed by atoms with E-state index in [1.807, 2.05) is 4.90 Å². The molecule has 0 radical (unpaired) electrons. The molecular weight excluding hydrogens is 344 g/mol. The van der Waals surface area contributed by atoms with Gasteiger partial charge in [-0.1, -0.05) is 12.1 Å². The minimum Gasteiger partial charge on any atom is -0.508 e. The van der Waals surface area contributed by atoms with Crippen LogP contribution >= 0.6 is 0 Å². The van der Waals surface area contributed by atoms with E-state index in [-0.39, 0.29) is 29.5 Å². The Hall–Kier alpha value is -2.08. The Bertz CT molecular complexity index is 640. The van der Waals surface area contributed by atoms with Gasteiger partial charge in [0, 0.05) is 25.4 Å². The van der Waals surface area contributed by atoms with Crippen molar-refractivity contribution in [3.63, 3.8) is 0 Å². The normalized spacial score (nSPS) is 25.8. The molecule has 6 nitrogen and oxygen atoms in total. The number of nitrogens with zero attached hydrogens (tertiary/aromatic N) is 1. The molecule has 2 amide bonds. The van der Waals surface area contributed by atoms with Gasteiger partial charge in [0.1, 0.15) is 5.75 Å². The van der Waals surface area contributed by atoms with Crippen molar-refractivity contribution < 1.29 is 19.8 Å². The van der Waals surface area contributed by atoms with Crippen LogP contribution in [0.1, 0.15) is 50.5 Å². The van der Waals surface area contributed by atoms with E-state index in [1.54, 1.807) is 24.3 Å². The summed E-state index contributed by atoms with van der Waals surface area (Å²) in [4.78, 5) is 27.0. The maximum atomic E-state index is 12.7. The molecule has 6 heteroatoms. The van der Waals surface area contributed by atoms with Crippen molar-refractivity contribution in [3.8, 4) is 5.75 Å². The maximum absolute atomic E-state index is 12.7. The number of nitrogens with one attached hydrogen (secondary N) is 1. The third-order valence-corrected chi connectivity index (χ3v) is 5.75. The molecule has 0 unspecified atom stereocenters. The predicted molar refractivity (Wildman–Crippen MR) is 102 cm³/mol. The SMILES string of the molecule is O=C(CCc1ccc(O)cc1)N[C@@H]1C[C@@H](C(=O)N2CCCCC2)CC[C@H]1O. The van der Waals surface area contributed by atoms with Crippen LogP contribution in [0.15, 0.2) is 24.3 Å². The predicted octanol–water partition coefficient (Wildman–Crippen LogP) is 1.98. The Morgan fingerprint density at radius 1 is 1.07 bits per heavy atom. The van der Waals surface area contributed by atoms with Crippen molar-refractivity contribution in [3.05, 3.63) is 29.8 Å². The lowest BCUT2D eigenvalue weighted by Crippen LogP contribution is -2.50. The van der Waals surface area contributed by atoms with E-state index in [2.05, 4.69) is 5.32 Å². The van der Waals surface area contributed by atoms with Crippen molar-refractivity contribution in [2.45, 2.75) is 63.5 Å².